The van der Waals surface area contributed by atoms with Crippen LogP contribution in [0.2, 0.25) is 0 Å². The van der Waals surface area contributed by atoms with E-state index in [-0.39, 0.29) is 18.2 Å². The maximum atomic E-state index is 12.8. The lowest BCUT2D eigenvalue weighted by Gasteiger charge is -2.30. The predicted octanol–water partition coefficient (Wildman–Crippen LogP) is 3.85. The number of ether oxygens (including phenoxy) is 2. The molecule has 1 heterocycles. The highest BCUT2D eigenvalue weighted by atomic mass is 32.2. The fraction of sp³-hybridized carbons (Fsp3) is 0.304. The predicted molar refractivity (Wildman–Crippen MR) is 125 cm³/mol. The van der Waals surface area contributed by atoms with Gasteiger partial charge < -0.3 is 14.8 Å². The largest absolute Gasteiger partial charge is 0.494 e. The molecule has 1 N–H and O–H groups in total. The molecule has 9 heteroatoms. The van der Waals surface area contributed by atoms with Crippen molar-refractivity contribution >= 4 is 46.1 Å². The van der Waals surface area contributed by atoms with Crippen molar-refractivity contribution in [3.8, 4) is 5.75 Å². The van der Waals surface area contributed by atoms with E-state index >= 15 is 0 Å². The first-order chi connectivity index (χ1) is 15.4. The van der Waals surface area contributed by atoms with Crippen molar-refractivity contribution in [1.82, 2.24) is 4.90 Å². The van der Waals surface area contributed by atoms with Crippen molar-refractivity contribution in [2.45, 2.75) is 25.5 Å². The van der Waals surface area contributed by atoms with Crippen molar-refractivity contribution < 1.29 is 23.9 Å². The minimum Gasteiger partial charge on any atom is -0.494 e. The lowest BCUT2D eigenvalue weighted by atomic mass is 10.2. The van der Waals surface area contributed by atoms with Gasteiger partial charge in [0.15, 0.2) is 5.17 Å². The summed E-state index contributed by atoms with van der Waals surface area (Å²) in [6.07, 6.45) is 0.0850. The molecule has 2 aromatic rings. The van der Waals surface area contributed by atoms with Crippen molar-refractivity contribution in [3.05, 3.63) is 54.1 Å². The second-order valence-electron chi connectivity index (χ2n) is 6.83. The standard InChI is InChI=1S/C23H25N3O5S/c1-4-26-20(27)14-19(21(28)24-16-10-12-18(13-11-16)31-5-2)32-23(26)25-17-8-6-15(7-9-17)22(29)30-3/h6-13,19H,4-5,14H2,1-3H3,(H,24,28). The highest BCUT2D eigenvalue weighted by Gasteiger charge is 2.35. The topological polar surface area (TPSA) is 97.3 Å². The van der Waals surface area contributed by atoms with E-state index in [2.05, 4.69) is 10.3 Å². The zero-order valence-electron chi connectivity index (χ0n) is 18.2. The van der Waals surface area contributed by atoms with Crippen molar-refractivity contribution in [2.75, 3.05) is 25.6 Å². The Hall–Kier alpha value is -3.33. The zero-order valence-corrected chi connectivity index (χ0v) is 19.0. The number of nitrogens with zero attached hydrogens (tertiary/aromatic N) is 2. The number of nitrogens with one attached hydrogen (secondary N) is 1. The Morgan fingerprint density at radius 2 is 1.81 bits per heavy atom. The highest BCUT2D eigenvalue weighted by molar-refractivity contribution is 8.15. The molecule has 1 saturated heterocycles. The van der Waals surface area contributed by atoms with Crippen LogP contribution in [0.15, 0.2) is 53.5 Å². The number of esters is 1. The van der Waals surface area contributed by atoms with E-state index in [4.69, 9.17) is 9.47 Å². The molecule has 2 aromatic carbocycles. The lowest BCUT2D eigenvalue weighted by Crippen LogP contribution is -2.45. The molecule has 168 valence electrons. The van der Waals surface area contributed by atoms with Gasteiger partial charge in [0.1, 0.15) is 11.0 Å². The fourth-order valence-electron chi connectivity index (χ4n) is 3.08. The van der Waals surface area contributed by atoms with Crippen LogP contribution >= 0.6 is 11.8 Å². The second-order valence-corrected chi connectivity index (χ2v) is 8.00. The molecule has 1 fully saturated rings. The van der Waals surface area contributed by atoms with Gasteiger partial charge in [0, 0.05) is 18.7 Å². The number of carbonyl (C=O) groups excluding carboxylic acids is 3. The van der Waals surface area contributed by atoms with Crippen LogP contribution in [0, 0.1) is 0 Å². The van der Waals surface area contributed by atoms with Gasteiger partial charge >= 0.3 is 5.97 Å². The molecule has 8 nitrogen and oxygen atoms in total. The molecule has 0 bridgehead atoms. The lowest BCUT2D eigenvalue weighted by molar-refractivity contribution is -0.129. The average molecular weight is 456 g/mol. The number of amides is 2. The van der Waals surface area contributed by atoms with Gasteiger partial charge in [-0.05, 0) is 62.4 Å². The van der Waals surface area contributed by atoms with E-state index < -0.39 is 11.2 Å². The number of rotatable bonds is 7. The summed E-state index contributed by atoms with van der Waals surface area (Å²) in [5, 5.41) is 2.69. The normalized spacial score (nSPS) is 17.2. The van der Waals surface area contributed by atoms with Crippen molar-refractivity contribution in [2.24, 2.45) is 4.99 Å². The molecular weight excluding hydrogens is 430 g/mol. The summed E-state index contributed by atoms with van der Waals surface area (Å²) in [7, 11) is 1.32. The minimum absolute atomic E-state index is 0.0850. The Morgan fingerprint density at radius 1 is 1.12 bits per heavy atom. The Labute approximate surface area is 191 Å². The molecule has 0 aliphatic carbocycles. The van der Waals surface area contributed by atoms with E-state index in [0.717, 1.165) is 5.75 Å². The average Bonchev–Trinajstić information content (AvgIpc) is 2.80. The summed E-state index contributed by atoms with van der Waals surface area (Å²) in [5.74, 6) is -0.147. The number of hydrogen-bond acceptors (Lipinski definition) is 7. The minimum atomic E-state index is -0.607. The van der Waals surface area contributed by atoms with Crippen LogP contribution in [0.1, 0.15) is 30.6 Å². The van der Waals surface area contributed by atoms with E-state index in [9.17, 15) is 14.4 Å². The first-order valence-electron chi connectivity index (χ1n) is 10.2. The van der Waals surface area contributed by atoms with Crippen LogP contribution < -0.4 is 10.1 Å². The SMILES string of the molecule is CCOc1ccc(NC(=O)C2CC(=O)N(CC)C(=Nc3ccc(C(=O)OC)cc3)S2)cc1. The van der Waals surface area contributed by atoms with Crippen LogP contribution in [0.4, 0.5) is 11.4 Å². The third-order valence-corrected chi connectivity index (χ3v) is 5.88. The maximum Gasteiger partial charge on any atom is 0.337 e. The Morgan fingerprint density at radius 3 is 2.41 bits per heavy atom. The Balaban J connectivity index is 1.75. The second kappa shape index (κ2) is 10.8. The van der Waals surface area contributed by atoms with Gasteiger partial charge in [0.2, 0.25) is 11.8 Å². The Kier molecular flexibility index (Phi) is 7.88. The summed E-state index contributed by atoms with van der Waals surface area (Å²) in [4.78, 5) is 43.2. The quantitative estimate of drug-likeness (QED) is 0.637. The molecular formula is C23H25N3O5S. The van der Waals surface area contributed by atoms with Crippen LogP contribution in [0.3, 0.4) is 0 Å². The first kappa shape index (κ1) is 23.3. The van der Waals surface area contributed by atoms with Gasteiger partial charge in [-0.25, -0.2) is 9.79 Å². The van der Waals surface area contributed by atoms with Crippen LogP contribution in [-0.4, -0.2) is 53.4 Å². The summed E-state index contributed by atoms with van der Waals surface area (Å²) in [5.41, 5.74) is 1.60. The van der Waals surface area contributed by atoms with E-state index in [1.807, 2.05) is 13.8 Å². The van der Waals surface area contributed by atoms with Gasteiger partial charge in [-0.3, -0.25) is 14.5 Å². The van der Waals surface area contributed by atoms with Gasteiger partial charge in [-0.1, -0.05) is 11.8 Å². The van der Waals surface area contributed by atoms with E-state index in [1.165, 1.54) is 18.9 Å². The van der Waals surface area contributed by atoms with Gasteiger partial charge in [0.05, 0.1) is 25.0 Å². The van der Waals surface area contributed by atoms with Gasteiger partial charge in [-0.15, -0.1) is 0 Å². The molecule has 0 aromatic heterocycles. The van der Waals surface area contributed by atoms with Crippen molar-refractivity contribution in [3.63, 3.8) is 0 Å². The summed E-state index contributed by atoms with van der Waals surface area (Å²) >= 11 is 1.24. The summed E-state index contributed by atoms with van der Waals surface area (Å²) < 4.78 is 10.1. The number of amidine groups is 1. The van der Waals surface area contributed by atoms with Gasteiger partial charge in [0.25, 0.3) is 0 Å². The number of methoxy groups -OCH3 is 1. The molecule has 2 amide bonds. The third kappa shape index (κ3) is 5.67. The van der Waals surface area contributed by atoms with Crippen molar-refractivity contribution in [1.29, 1.82) is 0 Å². The Bertz CT molecular complexity index is 1010. The highest BCUT2D eigenvalue weighted by Crippen LogP contribution is 2.30. The van der Waals surface area contributed by atoms with Crippen LogP contribution in [0.5, 0.6) is 5.75 Å². The van der Waals surface area contributed by atoms with E-state index in [0.29, 0.717) is 35.3 Å². The molecule has 32 heavy (non-hydrogen) atoms. The van der Waals surface area contributed by atoms with Crippen LogP contribution in [0.25, 0.3) is 0 Å². The molecule has 3 rings (SSSR count). The molecule has 0 saturated carbocycles. The first-order valence-corrected chi connectivity index (χ1v) is 11.1. The fourth-order valence-corrected chi connectivity index (χ4v) is 4.24. The smallest absolute Gasteiger partial charge is 0.337 e. The number of aliphatic imine (C=N–C) groups is 1. The molecule has 1 aliphatic rings. The summed E-state index contributed by atoms with van der Waals surface area (Å²) in [6, 6.07) is 13.6. The van der Waals surface area contributed by atoms with Gasteiger partial charge in [-0.2, -0.15) is 0 Å². The zero-order chi connectivity index (χ0) is 23.1. The maximum absolute atomic E-state index is 12.8. The van der Waals surface area contributed by atoms with Crippen LogP contribution in [-0.2, 0) is 14.3 Å². The molecule has 0 spiro atoms. The summed E-state index contributed by atoms with van der Waals surface area (Å²) in [6.45, 7) is 4.76. The number of carbonyl (C=O) groups is 3. The molecule has 1 unspecified atom stereocenters. The molecule has 1 aliphatic heterocycles. The number of thioether (sulfide) groups is 1. The third-order valence-electron chi connectivity index (χ3n) is 4.69. The molecule has 1 atom stereocenters. The monoisotopic (exact) mass is 455 g/mol. The number of anilines is 1. The van der Waals surface area contributed by atoms with E-state index in [1.54, 1.807) is 53.4 Å². The number of benzene rings is 2. The number of hydrogen-bond donors (Lipinski definition) is 1. The molecule has 0 radical (unpaired) electrons.